The van der Waals surface area contributed by atoms with Crippen LogP contribution in [0.4, 0.5) is 13.2 Å². The van der Waals surface area contributed by atoms with Gasteiger partial charge in [-0.1, -0.05) is 20.8 Å². The number of aryl methyl sites for hydroxylation is 1. The zero-order chi connectivity index (χ0) is 12.5. The molecule has 0 aliphatic carbocycles. The summed E-state index contributed by atoms with van der Waals surface area (Å²) >= 11 is 0. The highest BCUT2D eigenvalue weighted by atomic mass is 19.3. The fourth-order valence-electron chi connectivity index (χ4n) is 1.84. The van der Waals surface area contributed by atoms with Gasteiger partial charge in [0, 0.05) is 12.6 Å². The SMILES string of the molecule is CCC(C)(CC)c1c(C(F)F)nn(C)c1F. The van der Waals surface area contributed by atoms with E-state index in [-0.39, 0.29) is 5.56 Å². The van der Waals surface area contributed by atoms with Gasteiger partial charge in [0.1, 0.15) is 5.69 Å². The lowest BCUT2D eigenvalue weighted by molar-refractivity contribution is 0.142. The third-order valence-corrected chi connectivity index (χ3v) is 3.38. The van der Waals surface area contributed by atoms with Crippen LogP contribution in [-0.2, 0) is 12.5 Å². The van der Waals surface area contributed by atoms with Crippen molar-refractivity contribution in [1.82, 2.24) is 9.78 Å². The lowest BCUT2D eigenvalue weighted by Gasteiger charge is -2.26. The molecule has 1 rings (SSSR count). The molecule has 0 aliphatic rings. The summed E-state index contributed by atoms with van der Waals surface area (Å²) in [6, 6.07) is 0. The van der Waals surface area contributed by atoms with Crippen LogP contribution >= 0.6 is 0 Å². The molecule has 0 atom stereocenters. The molecule has 0 radical (unpaired) electrons. The summed E-state index contributed by atoms with van der Waals surface area (Å²) in [4.78, 5) is 0. The summed E-state index contributed by atoms with van der Waals surface area (Å²) in [5.74, 6) is -0.651. The first kappa shape index (κ1) is 13.1. The van der Waals surface area contributed by atoms with Gasteiger partial charge >= 0.3 is 0 Å². The third kappa shape index (κ3) is 1.95. The fourth-order valence-corrected chi connectivity index (χ4v) is 1.84. The minimum absolute atomic E-state index is 0.0648. The highest BCUT2D eigenvalue weighted by Gasteiger charge is 2.35. The van der Waals surface area contributed by atoms with E-state index in [9.17, 15) is 13.2 Å². The molecule has 2 nitrogen and oxygen atoms in total. The Kier molecular flexibility index (Phi) is 3.65. The van der Waals surface area contributed by atoms with Gasteiger partial charge in [0.25, 0.3) is 6.43 Å². The maximum Gasteiger partial charge on any atom is 0.282 e. The first-order chi connectivity index (χ1) is 7.37. The van der Waals surface area contributed by atoms with Gasteiger partial charge in [-0.2, -0.15) is 9.49 Å². The topological polar surface area (TPSA) is 17.8 Å². The van der Waals surface area contributed by atoms with Gasteiger partial charge in [-0.3, -0.25) is 0 Å². The van der Waals surface area contributed by atoms with Crippen LogP contribution in [0.5, 0.6) is 0 Å². The molecule has 1 heterocycles. The van der Waals surface area contributed by atoms with Crippen LogP contribution in [0.3, 0.4) is 0 Å². The number of aromatic nitrogens is 2. The average molecular weight is 234 g/mol. The summed E-state index contributed by atoms with van der Waals surface area (Å²) in [5.41, 5.74) is -0.939. The van der Waals surface area contributed by atoms with Crippen molar-refractivity contribution in [3.63, 3.8) is 0 Å². The summed E-state index contributed by atoms with van der Waals surface area (Å²) in [5, 5.41) is 3.56. The van der Waals surface area contributed by atoms with Gasteiger partial charge < -0.3 is 0 Å². The Morgan fingerprint density at radius 2 is 1.81 bits per heavy atom. The van der Waals surface area contributed by atoms with Crippen LogP contribution in [0.25, 0.3) is 0 Å². The second-order valence-corrected chi connectivity index (χ2v) is 4.24. The smallest absolute Gasteiger partial charge is 0.242 e. The maximum absolute atomic E-state index is 13.8. The van der Waals surface area contributed by atoms with Gasteiger partial charge in [-0.25, -0.2) is 13.5 Å². The Bertz CT molecular complexity index is 368. The summed E-state index contributed by atoms with van der Waals surface area (Å²) < 4.78 is 40.3. The second-order valence-electron chi connectivity index (χ2n) is 4.24. The van der Waals surface area contributed by atoms with Crippen molar-refractivity contribution in [3.8, 4) is 0 Å². The Morgan fingerprint density at radius 1 is 1.31 bits per heavy atom. The van der Waals surface area contributed by atoms with Crippen LogP contribution in [0.1, 0.15) is 51.3 Å². The number of halogens is 3. The van der Waals surface area contributed by atoms with Crippen molar-refractivity contribution in [3.05, 3.63) is 17.2 Å². The molecule has 0 amide bonds. The van der Waals surface area contributed by atoms with Gasteiger partial charge in [-0.15, -0.1) is 0 Å². The third-order valence-electron chi connectivity index (χ3n) is 3.38. The molecular formula is C11H17F3N2. The van der Waals surface area contributed by atoms with Gasteiger partial charge in [0.05, 0.1) is 0 Å². The van der Waals surface area contributed by atoms with E-state index in [0.717, 1.165) is 4.68 Å². The zero-order valence-corrected chi connectivity index (χ0v) is 10.0. The van der Waals surface area contributed by atoms with Crippen molar-refractivity contribution in [2.75, 3.05) is 0 Å². The highest BCUT2D eigenvalue weighted by molar-refractivity contribution is 5.29. The number of rotatable bonds is 4. The molecule has 0 saturated heterocycles. The minimum Gasteiger partial charge on any atom is -0.242 e. The molecule has 5 heteroatoms. The predicted molar refractivity (Wildman–Crippen MR) is 56.1 cm³/mol. The summed E-state index contributed by atoms with van der Waals surface area (Å²) in [6.45, 7) is 5.52. The van der Waals surface area contributed by atoms with E-state index in [0.29, 0.717) is 12.8 Å². The molecule has 0 fully saturated rings. The van der Waals surface area contributed by atoms with E-state index in [1.807, 2.05) is 13.8 Å². The van der Waals surface area contributed by atoms with Crippen molar-refractivity contribution in [1.29, 1.82) is 0 Å². The van der Waals surface area contributed by atoms with Crippen LogP contribution in [0, 0.1) is 5.95 Å². The Labute approximate surface area is 93.5 Å². The van der Waals surface area contributed by atoms with Crippen molar-refractivity contribution >= 4 is 0 Å². The van der Waals surface area contributed by atoms with Crippen LogP contribution < -0.4 is 0 Å². The molecule has 0 unspecified atom stereocenters. The molecule has 0 bridgehead atoms. The molecule has 0 aromatic carbocycles. The lowest BCUT2D eigenvalue weighted by Crippen LogP contribution is -2.22. The largest absolute Gasteiger partial charge is 0.282 e. The van der Waals surface area contributed by atoms with E-state index >= 15 is 0 Å². The normalized spacial score (nSPS) is 12.5. The number of alkyl halides is 2. The van der Waals surface area contributed by atoms with Crippen molar-refractivity contribution in [2.45, 2.75) is 45.5 Å². The van der Waals surface area contributed by atoms with Crippen LogP contribution in [0.15, 0.2) is 0 Å². The van der Waals surface area contributed by atoms with E-state index in [1.54, 1.807) is 6.92 Å². The van der Waals surface area contributed by atoms with E-state index in [4.69, 9.17) is 0 Å². The molecule has 16 heavy (non-hydrogen) atoms. The van der Waals surface area contributed by atoms with Crippen molar-refractivity contribution < 1.29 is 13.2 Å². The monoisotopic (exact) mass is 234 g/mol. The number of hydrogen-bond acceptors (Lipinski definition) is 1. The molecule has 0 spiro atoms. The lowest BCUT2D eigenvalue weighted by atomic mass is 9.78. The standard InChI is InChI=1S/C11H17F3N2/c1-5-11(3,6-2)7-8(9(12)13)15-16(4)10(7)14/h9H,5-6H2,1-4H3. The van der Waals surface area contributed by atoms with Crippen LogP contribution in [-0.4, -0.2) is 9.78 Å². The number of nitrogens with zero attached hydrogens (tertiary/aromatic N) is 2. The summed E-state index contributed by atoms with van der Waals surface area (Å²) in [6.07, 6.45) is -1.53. The first-order valence-electron chi connectivity index (χ1n) is 5.38. The first-order valence-corrected chi connectivity index (χ1v) is 5.38. The number of hydrogen-bond donors (Lipinski definition) is 0. The molecular weight excluding hydrogens is 217 g/mol. The van der Waals surface area contributed by atoms with Crippen molar-refractivity contribution in [2.24, 2.45) is 7.05 Å². The molecule has 1 aromatic rings. The van der Waals surface area contributed by atoms with Gasteiger partial charge in [0.2, 0.25) is 5.95 Å². The Hall–Kier alpha value is -1.00. The average Bonchev–Trinajstić information content (AvgIpc) is 2.55. The van der Waals surface area contributed by atoms with E-state index in [1.165, 1.54) is 7.05 Å². The highest BCUT2D eigenvalue weighted by Crippen LogP contribution is 2.38. The van der Waals surface area contributed by atoms with Crippen LogP contribution in [0.2, 0.25) is 0 Å². The minimum atomic E-state index is -2.73. The quantitative estimate of drug-likeness (QED) is 0.778. The Balaban J connectivity index is 3.40. The summed E-state index contributed by atoms with van der Waals surface area (Å²) in [7, 11) is 1.34. The molecule has 0 N–H and O–H groups in total. The fraction of sp³-hybridized carbons (Fsp3) is 0.727. The van der Waals surface area contributed by atoms with Gasteiger partial charge in [-0.05, 0) is 18.3 Å². The van der Waals surface area contributed by atoms with E-state index < -0.39 is 23.5 Å². The molecule has 1 aromatic heterocycles. The second kappa shape index (κ2) is 4.47. The van der Waals surface area contributed by atoms with Gasteiger partial charge in [0.15, 0.2) is 0 Å². The molecule has 0 aliphatic heterocycles. The molecule has 92 valence electrons. The Morgan fingerprint density at radius 3 is 2.19 bits per heavy atom. The zero-order valence-electron chi connectivity index (χ0n) is 10.0. The van der Waals surface area contributed by atoms with E-state index in [2.05, 4.69) is 5.10 Å². The molecule has 0 saturated carbocycles. The predicted octanol–water partition coefficient (Wildman–Crippen LogP) is 3.57. The maximum atomic E-state index is 13.8.